The van der Waals surface area contributed by atoms with Crippen molar-refractivity contribution in [2.75, 3.05) is 18.0 Å². The lowest BCUT2D eigenvalue weighted by Crippen LogP contribution is -2.45. The lowest BCUT2D eigenvalue weighted by molar-refractivity contribution is 0.0930. The van der Waals surface area contributed by atoms with Crippen LogP contribution in [0, 0.1) is 12.7 Å². The van der Waals surface area contributed by atoms with E-state index in [0.29, 0.717) is 11.3 Å². The normalized spacial score (nSPS) is 14.9. The number of nitrogens with zero attached hydrogens (tertiary/aromatic N) is 4. The Labute approximate surface area is 163 Å². The fraction of sp³-hybridized carbons (Fsp3) is 0.286. The third kappa shape index (κ3) is 3.88. The Morgan fingerprint density at radius 3 is 2.68 bits per heavy atom. The van der Waals surface area contributed by atoms with Gasteiger partial charge < -0.3 is 10.2 Å². The minimum absolute atomic E-state index is 0.0723. The van der Waals surface area contributed by atoms with Crippen LogP contribution in [0.15, 0.2) is 55.0 Å². The third-order valence-corrected chi connectivity index (χ3v) is 5.01. The van der Waals surface area contributed by atoms with Crippen molar-refractivity contribution in [3.8, 4) is 5.69 Å². The fourth-order valence-corrected chi connectivity index (χ4v) is 3.41. The van der Waals surface area contributed by atoms with Crippen LogP contribution in [-0.2, 0) is 0 Å². The maximum atomic E-state index is 14.4. The second-order valence-electron chi connectivity index (χ2n) is 7.05. The van der Waals surface area contributed by atoms with E-state index in [2.05, 4.69) is 26.4 Å². The minimum atomic E-state index is -0.475. The average molecular weight is 379 g/mol. The van der Waals surface area contributed by atoms with Gasteiger partial charge in [-0.2, -0.15) is 5.10 Å². The van der Waals surface area contributed by atoms with Gasteiger partial charge in [-0.15, -0.1) is 0 Å². The molecule has 1 saturated heterocycles. The molecule has 0 spiro atoms. The molecule has 0 atom stereocenters. The summed E-state index contributed by atoms with van der Waals surface area (Å²) in [5.41, 5.74) is 1.77. The summed E-state index contributed by atoms with van der Waals surface area (Å²) in [6.45, 7) is 3.67. The van der Waals surface area contributed by atoms with Crippen molar-refractivity contribution in [2.45, 2.75) is 25.8 Å². The SMILES string of the molecule is Cc1ccc(N2CCC(NC(=O)c3ccc(-n4cccn4)c(F)c3)CC2)nc1. The van der Waals surface area contributed by atoms with Crippen LogP contribution in [0.1, 0.15) is 28.8 Å². The molecule has 0 aliphatic carbocycles. The summed E-state index contributed by atoms with van der Waals surface area (Å²) < 4.78 is 15.8. The van der Waals surface area contributed by atoms with Gasteiger partial charge in [0.15, 0.2) is 0 Å². The summed E-state index contributed by atoms with van der Waals surface area (Å²) in [5.74, 6) is 0.237. The van der Waals surface area contributed by atoms with E-state index in [1.54, 1.807) is 30.6 Å². The molecule has 0 bridgehead atoms. The molecule has 28 heavy (non-hydrogen) atoms. The first kappa shape index (κ1) is 18.2. The number of pyridine rings is 1. The number of rotatable bonds is 4. The number of anilines is 1. The van der Waals surface area contributed by atoms with E-state index in [-0.39, 0.29) is 11.9 Å². The van der Waals surface area contributed by atoms with Crippen LogP contribution >= 0.6 is 0 Å². The summed E-state index contributed by atoms with van der Waals surface area (Å²) in [6, 6.07) is 10.3. The van der Waals surface area contributed by atoms with Gasteiger partial charge in [-0.3, -0.25) is 4.79 Å². The highest BCUT2D eigenvalue weighted by molar-refractivity contribution is 5.94. The molecule has 1 N–H and O–H groups in total. The zero-order chi connectivity index (χ0) is 19.5. The van der Waals surface area contributed by atoms with E-state index in [9.17, 15) is 9.18 Å². The van der Waals surface area contributed by atoms with E-state index < -0.39 is 5.82 Å². The van der Waals surface area contributed by atoms with Crippen molar-refractivity contribution >= 4 is 11.7 Å². The maximum Gasteiger partial charge on any atom is 0.251 e. The molecule has 1 aromatic carbocycles. The van der Waals surface area contributed by atoms with Crippen LogP contribution in [-0.4, -0.2) is 39.8 Å². The van der Waals surface area contributed by atoms with Gasteiger partial charge in [0.2, 0.25) is 0 Å². The van der Waals surface area contributed by atoms with Crippen LogP contribution in [0.25, 0.3) is 5.69 Å². The smallest absolute Gasteiger partial charge is 0.251 e. The third-order valence-electron chi connectivity index (χ3n) is 5.01. The molecule has 1 aliphatic heterocycles. The molecule has 1 aliphatic rings. The summed E-state index contributed by atoms with van der Waals surface area (Å²) >= 11 is 0. The first-order chi connectivity index (χ1) is 13.6. The summed E-state index contributed by atoms with van der Waals surface area (Å²) in [5, 5.41) is 7.04. The van der Waals surface area contributed by atoms with Crippen LogP contribution in [0.5, 0.6) is 0 Å². The maximum absolute atomic E-state index is 14.4. The fourth-order valence-electron chi connectivity index (χ4n) is 3.41. The predicted octanol–water partition coefficient (Wildman–Crippen LogP) is 3.11. The number of nitrogens with one attached hydrogen (secondary N) is 1. The zero-order valence-corrected chi connectivity index (χ0v) is 15.7. The molecule has 1 fully saturated rings. The van der Waals surface area contributed by atoms with Crippen molar-refractivity contribution in [1.29, 1.82) is 0 Å². The second kappa shape index (κ2) is 7.80. The van der Waals surface area contributed by atoms with Gasteiger partial charge in [0, 0.05) is 43.3 Å². The van der Waals surface area contributed by atoms with Crippen LogP contribution < -0.4 is 10.2 Å². The molecular formula is C21H22FN5O. The Balaban J connectivity index is 1.36. The molecule has 1 amide bonds. The van der Waals surface area contributed by atoms with E-state index >= 15 is 0 Å². The van der Waals surface area contributed by atoms with Crippen LogP contribution in [0.4, 0.5) is 10.2 Å². The van der Waals surface area contributed by atoms with Crippen molar-refractivity contribution in [2.24, 2.45) is 0 Å². The Hall–Kier alpha value is -3.22. The van der Waals surface area contributed by atoms with Gasteiger partial charge in [-0.25, -0.2) is 14.1 Å². The molecule has 3 aromatic rings. The van der Waals surface area contributed by atoms with Crippen LogP contribution in [0.3, 0.4) is 0 Å². The predicted molar refractivity (Wildman–Crippen MR) is 105 cm³/mol. The van der Waals surface area contributed by atoms with E-state index in [1.807, 2.05) is 19.2 Å². The topological polar surface area (TPSA) is 63.1 Å². The number of piperidine rings is 1. The molecule has 2 aromatic heterocycles. The standard InChI is InChI=1S/C21H22FN5O/c1-15-3-6-20(23-14-15)26-11-7-17(8-12-26)25-21(28)16-4-5-19(18(22)13-16)27-10-2-9-24-27/h2-6,9-10,13-14,17H,7-8,11-12H2,1H3,(H,25,28). The number of aryl methyl sites for hydroxylation is 1. The van der Waals surface area contributed by atoms with Gasteiger partial charge in [-0.1, -0.05) is 6.07 Å². The van der Waals surface area contributed by atoms with Crippen LogP contribution in [0.2, 0.25) is 0 Å². The number of hydrogen-bond donors (Lipinski definition) is 1. The highest BCUT2D eigenvalue weighted by atomic mass is 19.1. The van der Waals surface area contributed by atoms with Crippen molar-refractivity contribution < 1.29 is 9.18 Å². The summed E-state index contributed by atoms with van der Waals surface area (Å²) in [7, 11) is 0. The summed E-state index contributed by atoms with van der Waals surface area (Å²) in [4.78, 5) is 19.2. The highest BCUT2D eigenvalue weighted by Crippen LogP contribution is 2.19. The quantitative estimate of drug-likeness (QED) is 0.757. The molecule has 4 rings (SSSR count). The molecule has 3 heterocycles. The molecule has 6 nitrogen and oxygen atoms in total. The minimum Gasteiger partial charge on any atom is -0.356 e. The Kier molecular flexibility index (Phi) is 5.06. The van der Waals surface area contributed by atoms with Crippen molar-refractivity contribution in [1.82, 2.24) is 20.1 Å². The van der Waals surface area contributed by atoms with Crippen molar-refractivity contribution in [3.63, 3.8) is 0 Å². The monoisotopic (exact) mass is 379 g/mol. The zero-order valence-electron chi connectivity index (χ0n) is 15.7. The van der Waals surface area contributed by atoms with E-state index in [4.69, 9.17) is 0 Å². The lowest BCUT2D eigenvalue weighted by Gasteiger charge is -2.33. The number of hydrogen-bond acceptors (Lipinski definition) is 4. The lowest BCUT2D eigenvalue weighted by atomic mass is 10.0. The number of carbonyl (C=O) groups excluding carboxylic acids is 1. The highest BCUT2D eigenvalue weighted by Gasteiger charge is 2.22. The van der Waals surface area contributed by atoms with E-state index in [0.717, 1.165) is 37.3 Å². The van der Waals surface area contributed by atoms with Crippen molar-refractivity contribution in [3.05, 3.63) is 71.9 Å². The van der Waals surface area contributed by atoms with Gasteiger partial charge in [0.05, 0.1) is 0 Å². The number of aromatic nitrogens is 3. The number of benzene rings is 1. The Morgan fingerprint density at radius 1 is 1.21 bits per heavy atom. The second-order valence-corrected chi connectivity index (χ2v) is 7.05. The first-order valence-corrected chi connectivity index (χ1v) is 9.38. The summed E-state index contributed by atoms with van der Waals surface area (Å²) in [6.07, 6.45) is 6.77. The Bertz CT molecular complexity index is 947. The molecule has 7 heteroatoms. The average Bonchev–Trinajstić information content (AvgIpc) is 3.23. The van der Waals surface area contributed by atoms with E-state index in [1.165, 1.54) is 10.7 Å². The number of carbonyl (C=O) groups is 1. The van der Waals surface area contributed by atoms with Gasteiger partial charge >= 0.3 is 0 Å². The van der Waals surface area contributed by atoms with Gasteiger partial charge in [-0.05, 0) is 55.7 Å². The molecule has 0 unspecified atom stereocenters. The molecule has 0 radical (unpaired) electrons. The molecule has 144 valence electrons. The molecular weight excluding hydrogens is 357 g/mol. The van der Waals surface area contributed by atoms with Gasteiger partial charge in [0.1, 0.15) is 17.3 Å². The number of halogens is 1. The largest absolute Gasteiger partial charge is 0.356 e. The first-order valence-electron chi connectivity index (χ1n) is 9.38. The molecule has 0 saturated carbocycles. The Morgan fingerprint density at radius 2 is 2.04 bits per heavy atom. The number of amides is 1. The van der Waals surface area contributed by atoms with Gasteiger partial charge in [0.25, 0.3) is 5.91 Å².